The lowest BCUT2D eigenvalue weighted by atomic mass is 9.96. The molecule has 0 saturated carbocycles. The van der Waals surface area contributed by atoms with Gasteiger partial charge in [0.05, 0.1) is 19.4 Å². The lowest BCUT2D eigenvalue weighted by Crippen LogP contribution is -2.26. The lowest BCUT2D eigenvalue weighted by Gasteiger charge is -2.20. The zero-order valence-corrected chi connectivity index (χ0v) is 17.3. The molecule has 4 rings (SSSR count). The number of amides is 1. The van der Waals surface area contributed by atoms with Crippen LogP contribution in [0.3, 0.4) is 0 Å². The first kappa shape index (κ1) is 20.2. The Hall–Kier alpha value is -3.04. The fraction of sp³-hybridized carbons (Fsp3) is 0.286. The molecule has 3 N–H and O–H groups in total. The van der Waals surface area contributed by atoms with Crippen molar-refractivity contribution in [3.8, 4) is 10.4 Å². The van der Waals surface area contributed by atoms with Crippen LogP contribution in [0.15, 0.2) is 47.3 Å². The number of carbonyl (C=O) groups excluding carboxylic acids is 1. The number of benzene rings is 1. The Labute approximate surface area is 176 Å². The fourth-order valence-electron chi connectivity index (χ4n) is 3.54. The van der Waals surface area contributed by atoms with E-state index in [9.17, 15) is 14.0 Å². The number of aryl methyl sites for hydroxylation is 2. The van der Waals surface area contributed by atoms with Gasteiger partial charge in [-0.15, -0.1) is 11.3 Å². The number of halogens is 1. The molecule has 0 atom stereocenters. The van der Waals surface area contributed by atoms with Crippen molar-refractivity contribution in [1.82, 2.24) is 14.3 Å². The standard InChI is InChI=1S/C21H22FN5O2S/c1-13-6-16(7-15-2-5-19(28)25-20(13)15)18-4-3-17(30-18)11-26-12-24-27(21(26)29)10-14(8-22)9-23/h3-4,6-8,12H,2,5,9-11,23H2,1H3,(H,25,28)/b14-8+. The van der Waals surface area contributed by atoms with Gasteiger partial charge in [-0.2, -0.15) is 5.10 Å². The highest BCUT2D eigenvalue weighted by atomic mass is 32.1. The quantitative estimate of drug-likeness (QED) is 0.632. The average Bonchev–Trinajstić information content (AvgIpc) is 3.34. The second-order valence-electron chi connectivity index (χ2n) is 7.31. The van der Waals surface area contributed by atoms with Gasteiger partial charge in [0.2, 0.25) is 5.91 Å². The van der Waals surface area contributed by atoms with Crippen molar-refractivity contribution < 1.29 is 9.18 Å². The molecular formula is C21H22FN5O2S. The van der Waals surface area contributed by atoms with Crippen LogP contribution in [-0.2, 0) is 24.3 Å². The van der Waals surface area contributed by atoms with E-state index < -0.39 is 0 Å². The van der Waals surface area contributed by atoms with Gasteiger partial charge in [-0.3, -0.25) is 9.36 Å². The predicted octanol–water partition coefficient (Wildman–Crippen LogP) is 2.83. The molecule has 3 heterocycles. The summed E-state index contributed by atoms with van der Waals surface area (Å²) in [5, 5.41) is 7.01. The molecule has 7 nitrogen and oxygen atoms in total. The van der Waals surface area contributed by atoms with E-state index in [0.29, 0.717) is 24.9 Å². The van der Waals surface area contributed by atoms with Crippen molar-refractivity contribution in [2.24, 2.45) is 5.73 Å². The number of anilines is 1. The Morgan fingerprint density at radius 3 is 2.93 bits per heavy atom. The predicted molar refractivity (Wildman–Crippen MR) is 115 cm³/mol. The molecule has 0 saturated heterocycles. The summed E-state index contributed by atoms with van der Waals surface area (Å²) in [5.41, 5.74) is 9.66. The number of nitrogens with one attached hydrogen (secondary N) is 1. The lowest BCUT2D eigenvalue weighted by molar-refractivity contribution is -0.116. The highest BCUT2D eigenvalue weighted by Crippen LogP contribution is 2.35. The van der Waals surface area contributed by atoms with E-state index in [1.54, 1.807) is 11.3 Å². The minimum Gasteiger partial charge on any atom is -0.327 e. The summed E-state index contributed by atoms with van der Waals surface area (Å²) in [6, 6.07) is 8.23. The zero-order valence-electron chi connectivity index (χ0n) is 16.5. The number of hydrogen-bond acceptors (Lipinski definition) is 5. The van der Waals surface area contributed by atoms with Gasteiger partial charge in [-0.1, -0.05) is 0 Å². The Kier molecular flexibility index (Phi) is 5.65. The minimum absolute atomic E-state index is 0.0357. The number of thiophene rings is 1. The number of fused-ring (bicyclic) bond motifs is 1. The summed E-state index contributed by atoms with van der Waals surface area (Å²) in [6.07, 6.45) is 3.12. The molecule has 156 valence electrons. The van der Waals surface area contributed by atoms with Crippen molar-refractivity contribution in [2.75, 3.05) is 11.9 Å². The van der Waals surface area contributed by atoms with E-state index >= 15 is 0 Å². The van der Waals surface area contributed by atoms with Crippen LogP contribution >= 0.6 is 11.3 Å². The van der Waals surface area contributed by atoms with E-state index in [0.717, 1.165) is 38.6 Å². The monoisotopic (exact) mass is 427 g/mol. The smallest absolute Gasteiger partial charge is 0.327 e. The van der Waals surface area contributed by atoms with Crippen LogP contribution in [-0.4, -0.2) is 26.8 Å². The van der Waals surface area contributed by atoms with E-state index in [1.165, 1.54) is 15.6 Å². The summed E-state index contributed by atoms with van der Waals surface area (Å²) in [6.45, 7) is 2.46. The normalized spacial score (nSPS) is 14.0. The molecule has 0 unspecified atom stereocenters. The summed E-state index contributed by atoms with van der Waals surface area (Å²) in [4.78, 5) is 26.3. The van der Waals surface area contributed by atoms with E-state index in [2.05, 4.69) is 22.5 Å². The Morgan fingerprint density at radius 1 is 1.33 bits per heavy atom. The molecule has 1 amide bonds. The van der Waals surface area contributed by atoms with Gasteiger partial charge in [0.15, 0.2) is 0 Å². The first-order valence-electron chi connectivity index (χ1n) is 9.61. The second kappa shape index (κ2) is 8.37. The topological polar surface area (TPSA) is 94.9 Å². The Morgan fingerprint density at radius 2 is 2.17 bits per heavy atom. The number of hydrogen-bond donors (Lipinski definition) is 2. The molecule has 0 spiro atoms. The first-order chi connectivity index (χ1) is 14.5. The molecule has 1 aliphatic rings. The molecule has 0 radical (unpaired) electrons. The van der Waals surface area contributed by atoms with Gasteiger partial charge < -0.3 is 11.1 Å². The van der Waals surface area contributed by atoms with Crippen molar-refractivity contribution in [3.63, 3.8) is 0 Å². The van der Waals surface area contributed by atoms with E-state index in [-0.39, 0.29) is 24.7 Å². The van der Waals surface area contributed by atoms with Crippen LogP contribution in [0.5, 0.6) is 0 Å². The number of nitrogens with zero attached hydrogens (tertiary/aromatic N) is 3. The molecular weight excluding hydrogens is 405 g/mol. The van der Waals surface area contributed by atoms with Crippen molar-refractivity contribution in [1.29, 1.82) is 0 Å². The molecule has 2 aromatic heterocycles. The third kappa shape index (κ3) is 3.99. The van der Waals surface area contributed by atoms with Gasteiger partial charge in [-0.05, 0) is 59.9 Å². The van der Waals surface area contributed by atoms with Crippen LogP contribution in [0.25, 0.3) is 10.4 Å². The molecule has 30 heavy (non-hydrogen) atoms. The van der Waals surface area contributed by atoms with Gasteiger partial charge in [0.1, 0.15) is 6.33 Å². The van der Waals surface area contributed by atoms with Crippen LogP contribution in [0, 0.1) is 6.92 Å². The van der Waals surface area contributed by atoms with Crippen LogP contribution in [0.2, 0.25) is 0 Å². The molecule has 0 bridgehead atoms. The molecule has 1 aliphatic heterocycles. The molecule has 0 fully saturated rings. The molecule has 0 aliphatic carbocycles. The first-order valence-corrected chi connectivity index (χ1v) is 10.4. The SMILES string of the molecule is Cc1cc(-c2ccc(Cn3cnn(C/C(=C/F)CN)c3=O)s2)cc2c1NC(=O)CC2. The Balaban J connectivity index is 1.55. The molecule has 3 aromatic rings. The largest absolute Gasteiger partial charge is 0.346 e. The maximum atomic E-state index is 12.7. The van der Waals surface area contributed by atoms with Crippen LogP contribution in [0.4, 0.5) is 10.1 Å². The van der Waals surface area contributed by atoms with Crippen molar-refractivity contribution in [3.05, 3.63) is 69.0 Å². The maximum absolute atomic E-state index is 12.7. The summed E-state index contributed by atoms with van der Waals surface area (Å²) in [5.74, 6) is 0.0586. The van der Waals surface area contributed by atoms with Gasteiger partial charge in [-0.25, -0.2) is 13.9 Å². The van der Waals surface area contributed by atoms with Crippen LogP contribution < -0.4 is 16.7 Å². The third-order valence-electron chi connectivity index (χ3n) is 5.14. The third-order valence-corrected chi connectivity index (χ3v) is 6.26. The summed E-state index contributed by atoms with van der Waals surface area (Å²) in [7, 11) is 0. The van der Waals surface area contributed by atoms with Gasteiger partial charge in [0.25, 0.3) is 0 Å². The maximum Gasteiger partial charge on any atom is 0.346 e. The highest BCUT2D eigenvalue weighted by Gasteiger charge is 2.18. The highest BCUT2D eigenvalue weighted by molar-refractivity contribution is 7.15. The number of nitrogens with two attached hydrogens (primary N) is 1. The zero-order chi connectivity index (χ0) is 21.3. The second-order valence-corrected chi connectivity index (χ2v) is 8.48. The molecule has 9 heteroatoms. The van der Waals surface area contributed by atoms with E-state index in [1.807, 2.05) is 19.1 Å². The van der Waals surface area contributed by atoms with Crippen molar-refractivity contribution >= 4 is 22.9 Å². The fourth-order valence-corrected chi connectivity index (χ4v) is 4.53. The number of rotatable bonds is 6. The summed E-state index contributed by atoms with van der Waals surface area (Å²) < 4.78 is 15.4. The Bertz CT molecular complexity index is 1190. The molecule has 1 aromatic carbocycles. The van der Waals surface area contributed by atoms with Crippen molar-refractivity contribution in [2.45, 2.75) is 32.9 Å². The number of aromatic nitrogens is 3. The van der Waals surface area contributed by atoms with Crippen LogP contribution in [0.1, 0.15) is 22.4 Å². The average molecular weight is 428 g/mol. The van der Waals surface area contributed by atoms with Gasteiger partial charge in [0, 0.05) is 28.4 Å². The summed E-state index contributed by atoms with van der Waals surface area (Å²) >= 11 is 1.61. The minimum atomic E-state index is -0.307. The van der Waals surface area contributed by atoms with Gasteiger partial charge >= 0.3 is 5.69 Å². The number of carbonyl (C=O) groups is 1. The van der Waals surface area contributed by atoms with E-state index in [4.69, 9.17) is 5.73 Å².